The first-order valence-electron chi connectivity index (χ1n) is 7.61. The maximum atomic E-state index is 13.3. The van der Waals surface area contributed by atoms with Crippen LogP contribution in [-0.4, -0.2) is 35.8 Å². The van der Waals surface area contributed by atoms with Gasteiger partial charge in [-0.15, -0.1) is 0 Å². The van der Waals surface area contributed by atoms with Gasteiger partial charge in [0, 0.05) is 28.8 Å². The Hall–Kier alpha value is -2.21. The highest BCUT2D eigenvalue weighted by Gasteiger charge is 2.35. The molecule has 0 saturated carbocycles. The molecule has 0 bridgehead atoms. The number of amides is 2. The zero-order chi connectivity index (χ0) is 17.3. The molecule has 4 nitrogen and oxygen atoms in total. The molecule has 0 N–H and O–H groups in total. The van der Waals surface area contributed by atoms with Crippen LogP contribution < -0.4 is 4.90 Å². The Balaban J connectivity index is 1.79. The largest absolute Gasteiger partial charge is 0.325 e. The molecule has 1 aliphatic rings. The zero-order valence-electron chi connectivity index (χ0n) is 13.1. The summed E-state index contributed by atoms with van der Waals surface area (Å²) in [5, 5.41) is 0. The molecule has 2 amide bonds. The van der Waals surface area contributed by atoms with Gasteiger partial charge >= 0.3 is 0 Å². The monoisotopic (exact) mass is 390 g/mol. The number of hydrogen-bond donors (Lipinski definition) is 0. The van der Waals surface area contributed by atoms with Crippen LogP contribution in [0.2, 0.25) is 0 Å². The van der Waals surface area contributed by atoms with Crippen LogP contribution in [0, 0.1) is 5.82 Å². The Labute approximate surface area is 148 Å². The third-order valence-corrected chi connectivity index (χ3v) is 4.65. The third kappa shape index (κ3) is 3.19. The normalized spacial score (nSPS) is 18.0. The lowest BCUT2D eigenvalue weighted by molar-refractivity contribution is -0.124. The van der Waals surface area contributed by atoms with Crippen molar-refractivity contribution in [3.8, 4) is 0 Å². The molecule has 0 aromatic heterocycles. The zero-order valence-corrected chi connectivity index (χ0v) is 14.7. The van der Waals surface area contributed by atoms with Gasteiger partial charge in [0.25, 0.3) is 5.91 Å². The summed E-state index contributed by atoms with van der Waals surface area (Å²) >= 11 is 3.37. The van der Waals surface area contributed by atoms with E-state index in [0.29, 0.717) is 13.1 Å². The van der Waals surface area contributed by atoms with Crippen LogP contribution in [0.4, 0.5) is 10.1 Å². The van der Waals surface area contributed by atoms with Gasteiger partial charge < -0.3 is 9.80 Å². The van der Waals surface area contributed by atoms with Crippen molar-refractivity contribution in [2.45, 2.75) is 13.0 Å². The fourth-order valence-electron chi connectivity index (χ4n) is 2.81. The van der Waals surface area contributed by atoms with E-state index in [1.165, 1.54) is 23.1 Å². The number of hydrogen-bond acceptors (Lipinski definition) is 2. The van der Waals surface area contributed by atoms with Crippen molar-refractivity contribution >= 4 is 33.4 Å². The fourth-order valence-corrected chi connectivity index (χ4v) is 3.08. The summed E-state index contributed by atoms with van der Waals surface area (Å²) in [7, 11) is 0. The summed E-state index contributed by atoms with van der Waals surface area (Å²) in [6.07, 6.45) is 0. The lowest BCUT2D eigenvalue weighted by atomic mass is 10.1. The topological polar surface area (TPSA) is 40.6 Å². The van der Waals surface area contributed by atoms with E-state index in [-0.39, 0.29) is 17.4 Å². The average molecular weight is 391 g/mol. The maximum Gasteiger partial charge on any atom is 0.254 e. The smallest absolute Gasteiger partial charge is 0.254 e. The van der Waals surface area contributed by atoms with Crippen LogP contribution in [0.15, 0.2) is 53.0 Å². The van der Waals surface area contributed by atoms with E-state index in [2.05, 4.69) is 15.9 Å². The molecule has 2 aromatic carbocycles. The summed E-state index contributed by atoms with van der Waals surface area (Å²) in [5.74, 6) is -0.938. The maximum absolute atomic E-state index is 13.3. The minimum Gasteiger partial charge on any atom is -0.325 e. The van der Waals surface area contributed by atoms with Crippen LogP contribution in [0.3, 0.4) is 0 Å². The van der Waals surface area contributed by atoms with Crippen LogP contribution in [0.1, 0.15) is 17.3 Å². The second-order valence-corrected chi connectivity index (χ2v) is 6.57. The van der Waals surface area contributed by atoms with Gasteiger partial charge in [-0.3, -0.25) is 9.59 Å². The van der Waals surface area contributed by atoms with Crippen molar-refractivity contribution in [1.29, 1.82) is 0 Å². The minimum absolute atomic E-state index is 0.145. The summed E-state index contributed by atoms with van der Waals surface area (Å²) < 4.78 is 14.3. The molecule has 1 unspecified atom stereocenters. The predicted molar refractivity (Wildman–Crippen MR) is 93.4 cm³/mol. The number of anilines is 1. The van der Waals surface area contributed by atoms with Gasteiger partial charge in [-0.05, 0) is 49.4 Å². The lowest BCUT2D eigenvalue weighted by Crippen LogP contribution is -2.57. The van der Waals surface area contributed by atoms with Crippen molar-refractivity contribution in [3.05, 3.63) is 64.4 Å². The van der Waals surface area contributed by atoms with Crippen LogP contribution >= 0.6 is 15.9 Å². The molecule has 1 fully saturated rings. The number of rotatable bonds is 2. The number of benzene rings is 2. The van der Waals surface area contributed by atoms with Crippen molar-refractivity contribution in [2.24, 2.45) is 0 Å². The number of carbonyl (C=O) groups is 2. The highest BCUT2D eigenvalue weighted by Crippen LogP contribution is 2.23. The van der Waals surface area contributed by atoms with E-state index in [4.69, 9.17) is 0 Å². The molecule has 1 atom stereocenters. The van der Waals surface area contributed by atoms with Crippen molar-refractivity contribution in [2.75, 3.05) is 18.0 Å². The Morgan fingerprint density at radius 3 is 2.54 bits per heavy atom. The fraction of sp³-hybridized carbons (Fsp3) is 0.222. The second-order valence-electron chi connectivity index (χ2n) is 5.65. The van der Waals surface area contributed by atoms with Crippen molar-refractivity contribution < 1.29 is 14.0 Å². The molecule has 6 heteroatoms. The molecular weight excluding hydrogens is 375 g/mol. The first kappa shape index (κ1) is 16.6. The summed E-state index contributed by atoms with van der Waals surface area (Å²) in [5.41, 5.74) is 1.06. The Morgan fingerprint density at radius 2 is 1.88 bits per heavy atom. The molecule has 0 radical (unpaired) electrons. The first-order valence-corrected chi connectivity index (χ1v) is 8.40. The lowest BCUT2D eigenvalue weighted by Gasteiger charge is -2.39. The van der Waals surface area contributed by atoms with E-state index in [1.807, 2.05) is 24.3 Å². The van der Waals surface area contributed by atoms with E-state index >= 15 is 0 Å². The first-order chi connectivity index (χ1) is 11.5. The number of carbonyl (C=O) groups excluding carboxylic acids is 2. The third-order valence-electron chi connectivity index (χ3n) is 4.13. The molecule has 3 rings (SSSR count). The molecule has 1 heterocycles. The number of nitrogens with zero attached hydrogens (tertiary/aromatic N) is 2. The van der Waals surface area contributed by atoms with Gasteiger partial charge in [0.05, 0.1) is 0 Å². The molecule has 0 spiro atoms. The SMILES string of the molecule is CC1C(=O)N(c2ccc(Br)cc2)CCN1C(=O)c1cccc(F)c1. The van der Waals surface area contributed by atoms with Gasteiger partial charge in [0.2, 0.25) is 5.91 Å². The molecule has 1 aliphatic heterocycles. The molecule has 24 heavy (non-hydrogen) atoms. The van der Waals surface area contributed by atoms with Crippen LogP contribution in [0.25, 0.3) is 0 Å². The quantitative estimate of drug-likeness (QED) is 0.787. The Morgan fingerprint density at radius 1 is 1.17 bits per heavy atom. The molecule has 1 saturated heterocycles. The molecule has 0 aliphatic carbocycles. The minimum atomic E-state index is -0.599. The number of piperazine rings is 1. The van der Waals surface area contributed by atoms with E-state index in [0.717, 1.165) is 10.2 Å². The van der Waals surface area contributed by atoms with E-state index < -0.39 is 11.9 Å². The van der Waals surface area contributed by atoms with Gasteiger partial charge in [-0.25, -0.2) is 4.39 Å². The second kappa shape index (κ2) is 6.73. The predicted octanol–water partition coefficient (Wildman–Crippen LogP) is 3.47. The average Bonchev–Trinajstić information content (AvgIpc) is 2.58. The molecular formula is C18H16BrFN2O2. The summed E-state index contributed by atoms with van der Waals surface area (Å²) in [6, 6.07) is 12.4. The highest BCUT2D eigenvalue weighted by atomic mass is 79.9. The summed E-state index contributed by atoms with van der Waals surface area (Å²) in [6.45, 7) is 2.51. The van der Waals surface area contributed by atoms with Gasteiger partial charge in [0.1, 0.15) is 11.9 Å². The van der Waals surface area contributed by atoms with Gasteiger partial charge in [0.15, 0.2) is 0 Å². The summed E-state index contributed by atoms with van der Waals surface area (Å²) in [4.78, 5) is 28.4. The van der Waals surface area contributed by atoms with Gasteiger partial charge in [-0.1, -0.05) is 22.0 Å². The van der Waals surface area contributed by atoms with Crippen LogP contribution in [-0.2, 0) is 4.79 Å². The van der Waals surface area contributed by atoms with E-state index in [9.17, 15) is 14.0 Å². The molecule has 2 aromatic rings. The van der Waals surface area contributed by atoms with Crippen molar-refractivity contribution in [1.82, 2.24) is 4.90 Å². The Bertz CT molecular complexity index is 779. The van der Waals surface area contributed by atoms with Gasteiger partial charge in [-0.2, -0.15) is 0 Å². The highest BCUT2D eigenvalue weighted by molar-refractivity contribution is 9.10. The standard InChI is InChI=1S/C18H16BrFN2O2/c1-12-17(23)22(16-7-5-14(19)6-8-16)10-9-21(12)18(24)13-3-2-4-15(20)11-13/h2-8,11-12H,9-10H2,1H3. The number of halogens is 2. The van der Waals surface area contributed by atoms with Crippen LogP contribution in [0.5, 0.6) is 0 Å². The molecule has 124 valence electrons. The Kier molecular flexibility index (Phi) is 4.66. The van der Waals surface area contributed by atoms with E-state index in [1.54, 1.807) is 17.9 Å². The van der Waals surface area contributed by atoms with Crippen molar-refractivity contribution in [3.63, 3.8) is 0 Å².